The van der Waals surface area contributed by atoms with Gasteiger partial charge in [-0.15, -0.1) is 23.2 Å². The highest BCUT2D eigenvalue weighted by Crippen LogP contribution is 2.05. The van der Waals surface area contributed by atoms with E-state index >= 15 is 0 Å². The summed E-state index contributed by atoms with van der Waals surface area (Å²) < 4.78 is 0. The summed E-state index contributed by atoms with van der Waals surface area (Å²) in [6.07, 6.45) is -0.789. The van der Waals surface area contributed by atoms with E-state index < -0.39 is 10.9 Å². The Morgan fingerprint density at radius 3 is 2.00 bits per heavy atom. The van der Waals surface area contributed by atoms with Gasteiger partial charge in [0.05, 0.1) is 6.10 Å². The summed E-state index contributed by atoms with van der Waals surface area (Å²) in [6.45, 7) is 0.109. The van der Waals surface area contributed by atoms with E-state index in [4.69, 9.17) is 34.0 Å². The van der Waals surface area contributed by atoms with Gasteiger partial charge < -0.3 is 10.8 Å². The fourth-order valence-electron chi connectivity index (χ4n) is 0.103. The summed E-state index contributed by atoms with van der Waals surface area (Å²) in [5.41, 5.74) is 4.95. The van der Waals surface area contributed by atoms with E-state index in [1.807, 2.05) is 0 Å². The molecule has 0 aliphatic heterocycles. The topological polar surface area (TPSA) is 46.2 Å². The molecule has 0 saturated carbocycles. The van der Waals surface area contributed by atoms with Crippen molar-refractivity contribution >= 4 is 23.2 Å². The zero-order valence-corrected chi connectivity index (χ0v) is 5.15. The largest absolute Gasteiger partial charge is 0.389 e. The van der Waals surface area contributed by atoms with Gasteiger partial charge in [0.2, 0.25) is 0 Å². The van der Waals surface area contributed by atoms with Crippen molar-refractivity contribution in [1.29, 1.82) is 0 Å². The number of aliphatic hydroxyl groups is 1. The number of aliphatic hydroxyl groups excluding tert-OH is 1. The van der Waals surface area contributed by atoms with Gasteiger partial charge in [-0.1, -0.05) is 0 Å². The quantitative estimate of drug-likeness (QED) is 0.540. The molecule has 0 bridgehead atoms. The minimum Gasteiger partial charge on any atom is -0.389 e. The van der Waals surface area contributed by atoms with Crippen molar-refractivity contribution in [3.63, 3.8) is 0 Å². The lowest BCUT2D eigenvalue weighted by Crippen LogP contribution is -2.25. The first-order valence-corrected chi connectivity index (χ1v) is 2.72. The number of hydrogen-bond acceptors (Lipinski definition) is 2. The van der Waals surface area contributed by atoms with Gasteiger partial charge in [0.15, 0.2) is 0 Å². The van der Waals surface area contributed by atoms with E-state index in [9.17, 15) is 0 Å². The summed E-state index contributed by atoms with van der Waals surface area (Å²) in [7, 11) is 0. The maximum Gasteiger partial charge on any atom is 0.134 e. The van der Waals surface area contributed by atoms with Crippen LogP contribution < -0.4 is 5.73 Å². The number of halogens is 2. The maximum absolute atomic E-state index is 8.55. The van der Waals surface area contributed by atoms with E-state index in [0.717, 1.165) is 0 Å². The molecule has 1 atom stereocenters. The van der Waals surface area contributed by atoms with E-state index in [2.05, 4.69) is 0 Å². The number of nitrogens with two attached hydrogens (primary N) is 1. The van der Waals surface area contributed by atoms with Crippen molar-refractivity contribution in [2.45, 2.75) is 10.9 Å². The second-order valence-electron chi connectivity index (χ2n) is 1.14. The van der Waals surface area contributed by atoms with Crippen LogP contribution in [0.25, 0.3) is 0 Å². The maximum atomic E-state index is 8.55. The van der Waals surface area contributed by atoms with Gasteiger partial charge in [-0.3, -0.25) is 0 Å². The second-order valence-corrected chi connectivity index (χ2v) is 2.30. The van der Waals surface area contributed by atoms with Gasteiger partial charge >= 0.3 is 0 Å². The molecule has 0 aromatic carbocycles. The van der Waals surface area contributed by atoms with E-state index in [0.29, 0.717) is 0 Å². The average Bonchev–Trinajstić information content (AvgIpc) is 1.65. The van der Waals surface area contributed by atoms with Crippen LogP contribution in [0.3, 0.4) is 0 Å². The van der Waals surface area contributed by atoms with Crippen LogP contribution in [0.2, 0.25) is 0 Å². The molecule has 4 heteroatoms. The zero-order valence-electron chi connectivity index (χ0n) is 3.64. The summed E-state index contributed by atoms with van der Waals surface area (Å²) in [5, 5.41) is 8.55. The second kappa shape index (κ2) is 3.50. The first-order valence-electron chi connectivity index (χ1n) is 1.84. The SMILES string of the molecule is NC[C@H](O)C(Cl)Cl. The number of hydrogen-bond donors (Lipinski definition) is 2. The van der Waals surface area contributed by atoms with Gasteiger partial charge in [0, 0.05) is 6.54 Å². The third-order valence-electron chi connectivity index (χ3n) is 0.532. The van der Waals surface area contributed by atoms with Crippen LogP contribution in [-0.4, -0.2) is 22.6 Å². The van der Waals surface area contributed by atoms with Crippen LogP contribution in [0.5, 0.6) is 0 Å². The van der Waals surface area contributed by atoms with E-state index in [1.165, 1.54) is 0 Å². The Balaban J connectivity index is 3.14. The van der Waals surface area contributed by atoms with Gasteiger partial charge in [-0.2, -0.15) is 0 Å². The van der Waals surface area contributed by atoms with E-state index in [-0.39, 0.29) is 6.54 Å². The summed E-state index contributed by atoms with van der Waals surface area (Å²) in [6, 6.07) is 0. The fraction of sp³-hybridized carbons (Fsp3) is 1.00. The van der Waals surface area contributed by atoms with Crippen molar-refractivity contribution in [1.82, 2.24) is 0 Å². The highest BCUT2D eigenvalue weighted by atomic mass is 35.5. The Labute approximate surface area is 52.2 Å². The smallest absolute Gasteiger partial charge is 0.134 e. The Bertz CT molecular complexity index is 50.2. The van der Waals surface area contributed by atoms with Crippen LogP contribution in [0.4, 0.5) is 0 Å². The van der Waals surface area contributed by atoms with Crippen molar-refractivity contribution in [3.8, 4) is 0 Å². The molecule has 0 rings (SSSR count). The van der Waals surface area contributed by atoms with Gasteiger partial charge in [-0.25, -0.2) is 0 Å². The summed E-state index contributed by atoms with van der Waals surface area (Å²) in [4.78, 5) is -0.759. The van der Waals surface area contributed by atoms with Crippen LogP contribution >= 0.6 is 23.2 Å². The molecule has 0 aromatic rings. The molecule has 0 fully saturated rings. The first-order chi connectivity index (χ1) is 3.18. The molecule has 0 spiro atoms. The highest BCUT2D eigenvalue weighted by molar-refractivity contribution is 6.44. The molecular weight excluding hydrogens is 137 g/mol. The molecule has 0 radical (unpaired) electrons. The lowest BCUT2D eigenvalue weighted by Gasteiger charge is -2.05. The molecule has 0 amide bonds. The van der Waals surface area contributed by atoms with Crippen LogP contribution in [-0.2, 0) is 0 Å². The van der Waals surface area contributed by atoms with Crippen molar-refractivity contribution in [3.05, 3.63) is 0 Å². The molecule has 44 valence electrons. The lowest BCUT2D eigenvalue weighted by atomic mass is 10.4. The lowest BCUT2D eigenvalue weighted by molar-refractivity contribution is 0.197. The van der Waals surface area contributed by atoms with Crippen LogP contribution in [0.15, 0.2) is 0 Å². The first kappa shape index (κ1) is 7.50. The molecule has 3 N–H and O–H groups in total. The Morgan fingerprint density at radius 1 is 1.57 bits per heavy atom. The van der Waals surface area contributed by atoms with Gasteiger partial charge in [-0.05, 0) is 0 Å². The highest BCUT2D eigenvalue weighted by Gasteiger charge is 2.08. The van der Waals surface area contributed by atoms with Crippen LogP contribution in [0, 0.1) is 0 Å². The van der Waals surface area contributed by atoms with Gasteiger partial charge in [0.25, 0.3) is 0 Å². The minimum atomic E-state index is -0.789. The fourth-order valence-corrected chi connectivity index (χ4v) is 0.309. The molecule has 0 heterocycles. The van der Waals surface area contributed by atoms with Crippen molar-refractivity contribution in [2.24, 2.45) is 5.73 Å². The van der Waals surface area contributed by atoms with Crippen molar-refractivity contribution in [2.75, 3.05) is 6.54 Å². The minimum absolute atomic E-state index is 0.109. The molecule has 0 aliphatic rings. The molecule has 2 nitrogen and oxygen atoms in total. The standard InChI is InChI=1S/C3H7Cl2NO/c4-3(5)2(7)1-6/h2-3,7H,1,6H2/t2-/m0/s1. The Morgan fingerprint density at radius 2 is 2.00 bits per heavy atom. The predicted octanol–water partition coefficient (Wildman–Crippen LogP) is 0.110. The monoisotopic (exact) mass is 143 g/mol. The molecule has 0 unspecified atom stereocenters. The Kier molecular flexibility index (Phi) is 3.75. The van der Waals surface area contributed by atoms with E-state index in [1.54, 1.807) is 0 Å². The molecule has 7 heavy (non-hydrogen) atoms. The zero-order chi connectivity index (χ0) is 5.86. The molecule has 0 aliphatic carbocycles. The number of alkyl halides is 2. The third-order valence-corrected chi connectivity index (χ3v) is 1.11. The average molecular weight is 144 g/mol. The molecule has 0 saturated heterocycles. The summed E-state index contributed by atoms with van der Waals surface area (Å²) in [5.74, 6) is 0. The molecular formula is C3H7Cl2NO. The summed E-state index contributed by atoms with van der Waals surface area (Å²) >= 11 is 10.3. The Hall–Kier alpha value is 0.500. The third kappa shape index (κ3) is 3.12. The van der Waals surface area contributed by atoms with Crippen molar-refractivity contribution < 1.29 is 5.11 Å². The number of rotatable bonds is 2. The van der Waals surface area contributed by atoms with Gasteiger partial charge in [0.1, 0.15) is 4.84 Å². The molecule has 0 aromatic heterocycles. The normalized spacial score (nSPS) is 15.0. The van der Waals surface area contributed by atoms with Crippen LogP contribution in [0.1, 0.15) is 0 Å². The predicted molar refractivity (Wildman–Crippen MR) is 30.6 cm³/mol.